The Morgan fingerprint density at radius 3 is 2.43 bits per heavy atom. The Balaban J connectivity index is 0.000000232. The number of carbonyl (C=O) groups is 2. The van der Waals surface area contributed by atoms with Crippen molar-refractivity contribution in [2.75, 3.05) is 0 Å². The summed E-state index contributed by atoms with van der Waals surface area (Å²) in [5, 5.41) is 2.82. The lowest BCUT2D eigenvalue weighted by Gasteiger charge is -2.10. The maximum atomic E-state index is 13.5. The zero-order chi connectivity index (χ0) is 22.1. The van der Waals surface area contributed by atoms with Gasteiger partial charge in [0.1, 0.15) is 17.2 Å². The summed E-state index contributed by atoms with van der Waals surface area (Å²) in [5.74, 6) is -0.412. The topological polar surface area (TPSA) is 101 Å². The number of aromatic nitrogens is 2. The minimum Gasteiger partial charge on any atom is -0.370 e. The van der Waals surface area contributed by atoms with Gasteiger partial charge in [-0.15, -0.1) is 0 Å². The van der Waals surface area contributed by atoms with Crippen LogP contribution in [0.5, 0.6) is 0 Å². The molecule has 0 bridgehead atoms. The highest BCUT2D eigenvalue weighted by Gasteiger charge is 2.14. The van der Waals surface area contributed by atoms with Crippen molar-refractivity contribution in [2.24, 2.45) is 5.73 Å². The second-order valence-corrected chi connectivity index (χ2v) is 6.89. The molecule has 4 N–H and O–H groups in total. The first-order valence-electron chi connectivity index (χ1n) is 9.76. The van der Waals surface area contributed by atoms with Crippen molar-refractivity contribution < 1.29 is 18.4 Å². The summed E-state index contributed by atoms with van der Waals surface area (Å²) >= 11 is 0. The number of amides is 2. The first-order valence-corrected chi connectivity index (χ1v) is 9.76. The Morgan fingerprint density at radius 1 is 1.13 bits per heavy atom. The van der Waals surface area contributed by atoms with Gasteiger partial charge in [0.15, 0.2) is 5.82 Å². The number of fused-ring (bicyclic) bond motifs is 1. The summed E-state index contributed by atoms with van der Waals surface area (Å²) in [6.07, 6.45) is 2.17. The van der Waals surface area contributed by atoms with Gasteiger partial charge in [0.2, 0.25) is 11.8 Å². The van der Waals surface area contributed by atoms with Crippen molar-refractivity contribution in [3.8, 4) is 0 Å². The van der Waals surface area contributed by atoms with E-state index in [4.69, 9.17) is 5.73 Å². The number of benzene rings is 2. The molecule has 0 saturated carbocycles. The lowest BCUT2D eigenvalue weighted by Crippen LogP contribution is -2.26. The van der Waals surface area contributed by atoms with E-state index < -0.39 is 0 Å². The fourth-order valence-corrected chi connectivity index (χ4v) is 2.75. The standard InChI is InChI=1S/C13H16FN3O.C9H10FNO/c1-3-5-11(18)15-8(2)13-16-10-7-4-6-9(14)12(10)17-13;10-8-4-1-7(2-5-8)3-6-9(11)12/h4,6-8H,3,5H2,1-2H3,(H,15,18)(H,16,17);1-2,4-5H,3,6H2,(H2,11,12). The molecule has 0 fully saturated rings. The molecule has 2 aromatic carbocycles. The number of aromatic amines is 1. The molecule has 6 nitrogen and oxygen atoms in total. The van der Waals surface area contributed by atoms with Crippen LogP contribution < -0.4 is 11.1 Å². The third-order valence-corrected chi connectivity index (χ3v) is 4.32. The highest BCUT2D eigenvalue weighted by molar-refractivity contribution is 5.77. The maximum Gasteiger partial charge on any atom is 0.220 e. The fourth-order valence-electron chi connectivity index (χ4n) is 2.75. The van der Waals surface area contributed by atoms with E-state index in [0.717, 1.165) is 12.0 Å². The molecule has 0 spiro atoms. The van der Waals surface area contributed by atoms with Gasteiger partial charge < -0.3 is 16.0 Å². The molecule has 0 aliphatic rings. The summed E-state index contributed by atoms with van der Waals surface area (Å²) in [7, 11) is 0. The van der Waals surface area contributed by atoms with Crippen LogP contribution >= 0.6 is 0 Å². The van der Waals surface area contributed by atoms with Gasteiger partial charge >= 0.3 is 0 Å². The van der Waals surface area contributed by atoms with Crippen LogP contribution in [0.25, 0.3) is 11.0 Å². The molecule has 1 heterocycles. The minimum absolute atomic E-state index is 0.0223. The van der Waals surface area contributed by atoms with Gasteiger partial charge in [-0.3, -0.25) is 9.59 Å². The fraction of sp³-hybridized carbons (Fsp3) is 0.318. The summed E-state index contributed by atoms with van der Waals surface area (Å²) in [4.78, 5) is 29.1. The number of H-pyrrole nitrogens is 1. The van der Waals surface area contributed by atoms with Gasteiger partial charge in [-0.2, -0.15) is 0 Å². The molecule has 3 rings (SSSR count). The molecule has 160 valence electrons. The monoisotopic (exact) mass is 416 g/mol. The number of primary amides is 1. The van der Waals surface area contributed by atoms with E-state index in [1.807, 2.05) is 13.8 Å². The normalized spacial score (nSPS) is 11.5. The Bertz CT molecular complexity index is 986. The molecule has 0 aliphatic heterocycles. The van der Waals surface area contributed by atoms with Gasteiger partial charge in [0.25, 0.3) is 0 Å². The minimum atomic E-state index is -0.359. The SMILES string of the molecule is CCCC(=O)NC(C)c1nc2c(F)cccc2[nH]1.NC(=O)CCc1ccc(F)cc1. The van der Waals surface area contributed by atoms with Crippen LogP contribution in [0.2, 0.25) is 0 Å². The third-order valence-electron chi connectivity index (χ3n) is 4.32. The smallest absolute Gasteiger partial charge is 0.220 e. The molecule has 1 aromatic heterocycles. The number of aryl methyl sites for hydroxylation is 1. The zero-order valence-corrected chi connectivity index (χ0v) is 17.0. The van der Waals surface area contributed by atoms with Crippen molar-refractivity contribution in [1.29, 1.82) is 0 Å². The molecule has 8 heteroatoms. The van der Waals surface area contributed by atoms with Gasteiger partial charge in [-0.05, 0) is 49.6 Å². The summed E-state index contributed by atoms with van der Waals surface area (Å²) in [6.45, 7) is 3.77. The number of rotatable bonds is 7. The number of halogens is 2. The molecule has 0 radical (unpaired) electrons. The third kappa shape index (κ3) is 6.95. The largest absolute Gasteiger partial charge is 0.370 e. The van der Waals surface area contributed by atoms with Crippen LogP contribution in [0.1, 0.15) is 50.5 Å². The Kier molecular flexibility index (Phi) is 8.46. The number of nitrogens with one attached hydrogen (secondary N) is 2. The second kappa shape index (κ2) is 11.0. The van der Waals surface area contributed by atoms with E-state index in [0.29, 0.717) is 36.1 Å². The molecule has 0 saturated heterocycles. The first kappa shape index (κ1) is 23.0. The van der Waals surface area contributed by atoms with Crippen LogP contribution in [0, 0.1) is 11.6 Å². The number of carbonyl (C=O) groups excluding carboxylic acids is 2. The van der Waals surface area contributed by atoms with Gasteiger partial charge in [-0.1, -0.05) is 25.1 Å². The lowest BCUT2D eigenvalue weighted by atomic mass is 10.1. The number of para-hydroxylation sites is 1. The Hall–Kier alpha value is -3.29. The summed E-state index contributed by atoms with van der Waals surface area (Å²) in [5.41, 5.74) is 6.83. The quantitative estimate of drug-likeness (QED) is 0.544. The molecule has 2 amide bonds. The molecule has 3 aromatic rings. The van der Waals surface area contributed by atoms with Crippen molar-refractivity contribution in [3.05, 3.63) is 65.5 Å². The second-order valence-electron chi connectivity index (χ2n) is 6.89. The van der Waals surface area contributed by atoms with Crippen molar-refractivity contribution in [1.82, 2.24) is 15.3 Å². The molecule has 1 unspecified atom stereocenters. The van der Waals surface area contributed by atoms with E-state index in [9.17, 15) is 18.4 Å². The van der Waals surface area contributed by atoms with Gasteiger partial charge in [0, 0.05) is 12.8 Å². The van der Waals surface area contributed by atoms with E-state index in [-0.39, 0.29) is 29.5 Å². The number of nitrogens with zero attached hydrogens (tertiary/aromatic N) is 1. The molecule has 1 atom stereocenters. The summed E-state index contributed by atoms with van der Waals surface area (Å²) in [6, 6.07) is 10.5. The molecule has 30 heavy (non-hydrogen) atoms. The molecular weight excluding hydrogens is 390 g/mol. The van der Waals surface area contributed by atoms with Crippen molar-refractivity contribution in [2.45, 2.75) is 45.6 Å². The number of hydrogen-bond donors (Lipinski definition) is 3. The molecule has 0 aliphatic carbocycles. The Labute approximate surface area is 173 Å². The van der Waals surface area contributed by atoms with E-state index in [1.54, 1.807) is 24.3 Å². The zero-order valence-electron chi connectivity index (χ0n) is 17.0. The number of hydrogen-bond acceptors (Lipinski definition) is 3. The number of imidazole rings is 1. The maximum absolute atomic E-state index is 13.5. The predicted octanol–water partition coefficient (Wildman–Crippen LogP) is 3.92. The van der Waals surface area contributed by atoms with Crippen LogP contribution in [0.15, 0.2) is 42.5 Å². The molecular formula is C22H26F2N4O2. The average Bonchev–Trinajstić information content (AvgIpc) is 3.14. The average molecular weight is 416 g/mol. The van der Waals surface area contributed by atoms with Crippen LogP contribution in [0.3, 0.4) is 0 Å². The Morgan fingerprint density at radius 2 is 1.83 bits per heavy atom. The highest BCUT2D eigenvalue weighted by atomic mass is 19.1. The van der Waals surface area contributed by atoms with Crippen LogP contribution in [0.4, 0.5) is 8.78 Å². The predicted molar refractivity (Wildman–Crippen MR) is 111 cm³/mol. The van der Waals surface area contributed by atoms with Crippen LogP contribution in [-0.4, -0.2) is 21.8 Å². The van der Waals surface area contributed by atoms with E-state index >= 15 is 0 Å². The van der Waals surface area contributed by atoms with Gasteiger partial charge in [-0.25, -0.2) is 13.8 Å². The first-order chi connectivity index (χ1) is 14.3. The van der Waals surface area contributed by atoms with Gasteiger partial charge in [0.05, 0.1) is 11.6 Å². The highest BCUT2D eigenvalue weighted by Crippen LogP contribution is 2.18. The van der Waals surface area contributed by atoms with E-state index in [2.05, 4.69) is 15.3 Å². The van der Waals surface area contributed by atoms with Crippen molar-refractivity contribution in [3.63, 3.8) is 0 Å². The van der Waals surface area contributed by atoms with Crippen molar-refractivity contribution >= 4 is 22.8 Å². The number of nitrogens with two attached hydrogens (primary N) is 1. The van der Waals surface area contributed by atoms with E-state index in [1.165, 1.54) is 18.2 Å². The summed E-state index contributed by atoms with van der Waals surface area (Å²) < 4.78 is 25.9. The lowest BCUT2D eigenvalue weighted by molar-refractivity contribution is -0.122. The van der Waals surface area contributed by atoms with Crippen LogP contribution in [-0.2, 0) is 16.0 Å².